The quantitative estimate of drug-likeness (QED) is 0.841. The molecule has 2 fully saturated rings. The molecule has 110 valence electrons. The van der Waals surface area contributed by atoms with Crippen LogP contribution in [0, 0.1) is 0 Å². The van der Waals surface area contributed by atoms with Gasteiger partial charge < -0.3 is 5.32 Å². The lowest BCUT2D eigenvalue weighted by molar-refractivity contribution is 0.318. The Morgan fingerprint density at radius 3 is 2.80 bits per heavy atom. The van der Waals surface area contributed by atoms with Crippen LogP contribution in [-0.2, 0) is 5.41 Å². The van der Waals surface area contributed by atoms with Gasteiger partial charge in [0.05, 0.1) is 0 Å². The molecule has 0 radical (unpaired) electrons. The summed E-state index contributed by atoms with van der Waals surface area (Å²) in [5, 5.41) is 3.64. The van der Waals surface area contributed by atoms with Crippen LogP contribution < -0.4 is 5.32 Å². The summed E-state index contributed by atoms with van der Waals surface area (Å²) in [7, 11) is 0. The van der Waals surface area contributed by atoms with E-state index < -0.39 is 0 Å². The van der Waals surface area contributed by atoms with E-state index in [0.717, 1.165) is 16.2 Å². The molecule has 2 saturated heterocycles. The van der Waals surface area contributed by atoms with Crippen LogP contribution >= 0.6 is 15.9 Å². The van der Waals surface area contributed by atoms with E-state index in [0.29, 0.717) is 12.1 Å². The highest BCUT2D eigenvalue weighted by Crippen LogP contribution is 2.30. The lowest BCUT2D eigenvalue weighted by Gasteiger charge is -2.23. The van der Waals surface area contributed by atoms with Crippen molar-refractivity contribution in [3.63, 3.8) is 0 Å². The zero-order valence-electron chi connectivity index (χ0n) is 12.5. The molecule has 1 aromatic heterocycles. The fourth-order valence-electron chi connectivity index (χ4n) is 3.27. The zero-order chi connectivity index (χ0) is 14.3. The number of hydrogen-bond acceptors (Lipinski definition) is 4. The molecule has 2 aliphatic rings. The van der Waals surface area contributed by atoms with Crippen LogP contribution in [0.25, 0.3) is 0 Å². The van der Waals surface area contributed by atoms with Gasteiger partial charge in [0.1, 0.15) is 16.2 Å². The van der Waals surface area contributed by atoms with E-state index in [-0.39, 0.29) is 5.41 Å². The third kappa shape index (κ3) is 2.84. The fourth-order valence-corrected chi connectivity index (χ4v) is 3.65. The summed E-state index contributed by atoms with van der Waals surface area (Å²) in [5.41, 5.74) is -0.0325. The number of halogens is 1. The Kier molecular flexibility index (Phi) is 3.75. The van der Waals surface area contributed by atoms with Gasteiger partial charge in [-0.05, 0) is 41.7 Å². The molecule has 0 bridgehead atoms. The lowest BCUT2D eigenvalue weighted by atomic mass is 9.96. The number of fused-ring (bicyclic) bond motifs is 1. The lowest BCUT2D eigenvalue weighted by Crippen LogP contribution is -2.34. The van der Waals surface area contributed by atoms with Crippen molar-refractivity contribution in [3.05, 3.63) is 16.5 Å². The number of nitrogens with zero attached hydrogens (tertiary/aromatic N) is 3. The first-order chi connectivity index (χ1) is 9.43. The van der Waals surface area contributed by atoms with Crippen LogP contribution in [-0.4, -0.2) is 40.0 Å². The molecule has 0 amide bonds. The molecule has 0 aliphatic carbocycles. The van der Waals surface area contributed by atoms with Crippen molar-refractivity contribution in [1.29, 1.82) is 0 Å². The first kappa shape index (κ1) is 14.3. The third-order valence-corrected chi connectivity index (χ3v) is 4.71. The van der Waals surface area contributed by atoms with Crippen LogP contribution in [0.5, 0.6) is 0 Å². The summed E-state index contributed by atoms with van der Waals surface area (Å²) in [5.74, 6) is 1.84. The standard InChI is InChI=1S/C15H23BrN4/c1-15(2,3)14-18-12(16)9-13(19-14)17-10-6-8-20-7-4-5-11(10)20/h9-11H,4-8H2,1-3H3,(H,17,18,19). The van der Waals surface area contributed by atoms with Gasteiger partial charge in [0.2, 0.25) is 0 Å². The average molecular weight is 339 g/mol. The van der Waals surface area contributed by atoms with Crippen LogP contribution in [0.2, 0.25) is 0 Å². The van der Waals surface area contributed by atoms with Crippen molar-refractivity contribution < 1.29 is 0 Å². The second-order valence-electron chi connectivity index (χ2n) is 6.93. The summed E-state index contributed by atoms with van der Waals surface area (Å²) < 4.78 is 0.862. The maximum atomic E-state index is 4.71. The van der Waals surface area contributed by atoms with Gasteiger partial charge in [-0.2, -0.15) is 0 Å². The predicted octanol–water partition coefficient (Wildman–Crippen LogP) is 3.19. The molecule has 3 heterocycles. The summed E-state index contributed by atoms with van der Waals surface area (Å²) in [6, 6.07) is 3.22. The first-order valence-electron chi connectivity index (χ1n) is 7.49. The van der Waals surface area contributed by atoms with Crippen molar-refractivity contribution in [2.75, 3.05) is 18.4 Å². The number of anilines is 1. The summed E-state index contributed by atoms with van der Waals surface area (Å²) in [6.45, 7) is 8.93. The number of hydrogen-bond donors (Lipinski definition) is 1. The highest BCUT2D eigenvalue weighted by molar-refractivity contribution is 9.10. The van der Waals surface area contributed by atoms with E-state index in [9.17, 15) is 0 Å². The minimum atomic E-state index is -0.0325. The third-order valence-electron chi connectivity index (χ3n) is 4.30. The molecular weight excluding hydrogens is 316 g/mol. The van der Waals surface area contributed by atoms with E-state index in [1.165, 1.54) is 32.4 Å². The van der Waals surface area contributed by atoms with E-state index in [1.54, 1.807) is 0 Å². The molecule has 0 saturated carbocycles. The van der Waals surface area contributed by atoms with Crippen molar-refractivity contribution in [1.82, 2.24) is 14.9 Å². The fraction of sp³-hybridized carbons (Fsp3) is 0.733. The van der Waals surface area contributed by atoms with Crippen molar-refractivity contribution in [2.24, 2.45) is 0 Å². The van der Waals surface area contributed by atoms with Gasteiger partial charge in [-0.3, -0.25) is 4.90 Å². The minimum absolute atomic E-state index is 0.0325. The minimum Gasteiger partial charge on any atom is -0.366 e. The summed E-state index contributed by atoms with van der Waals surface area (Å²) in [4.78, 5) is 11.8. The van der Waals surface area contributed by atoms with E-state index in [2.05, 4.69) is 51.9 Å². The first-order valence-corrected chi connectivity index (χ1v) is 8.28. The zero-order valence-corrected chi connectivity index (χ0v) is 14.1. The van der Waals surface area contributed by atoms with Crippen LogP contribution in [0.1, 0.15) is 45.9 Å². The highest BCUT2D eigenvalue weighted by atomic mass is 79.9. The van der Waals surface area contributed by atoms with Gasteiger partial charge in [0, 0.05) is 30.1 Å². The van der Waals surface area contributed by atoms with Crippen LogP contribution in [0.15, 0.2) is 10.7 Å². The molecule has 2 aliphatic heterocycles. The highest BCUT2D eigenvalue weighted by Gasteiger charge is 2.37. The predicted molar refractivity (Wildman–Crippen MR) is 85.1 cm³/mol. The number of rotatable bonds is 2. The van der Waals surface area contributed by atoms with E-state index >= 15 is 0 Å². The van der Waals surface area contributed by atoms with E-state index in [1.807, 2.05) is 6.07 Å². The largest absolute Gasteiger partial charge is 0.366 e. The Hall–Kier alpha value is -0.680. The molecular formula is C15H23BrN4. The molecule has 2 atom stereocenters. The molecule has 0 aromatic carbocycles. The van der Waals surface area contributed by atoms with Gasteiger partial charge in [-0.25, -0.2) is 9.97 Å². The van der Waals surface area contributed by atoms with Crippen molar-refractivity contribution >= 4 is 21.7 Å². The monoisotopic (exact) mass is 338 g/mol. The SMILES string of the molecule is CC(C)(C)c1nc(Br)cc(NC2CCN3CCCC23)n1. The molecule has 20 heavy (non-hydrogen) atoms. The molecule has 0 spiro atoms. The smallest absolute Gasteiger partial charge is 0.137 e. The maximum absolute atomic E-state index is 4.71. The Bertz CT molecular complexity index is 497. The van der Waals surface area contributed by atoms with Gasteiger partial charge in [-0.15, -0.1) is 0 Å². The Morgan fingerprint density at radius 1 is 1.25 bits per heavy atom. The Morgan fingerprint density at radius 2 is 2.05 bits per heavy atom. The maximum Gasteiger partial charge on any atom is 0.137 e. The molecule has 2 unspecified atom stereocenters. The average Bonchev–Trinajstić information content (AvgIpc) is 2.92. The van der Waals surface area contributed by atoms with Crippen LogP contribution in [0.4, 0.5) is 5.82 Å². The summed E-state index contributed by atoms with van der Waals surface area (Å²) in [6.07, 6.45) is 3.87. The molecule has 4 nitrogen and oxygen atoms in total. The van der Waals surface area contributed by atoms with Gasteiger partial charge in [-0.1, -0.05) is 20.8 Å². The van der Waals surface area contributed by atoms with Crippen LogP contribution in [0.3, 0.4) is 0 Å². The van der Waals surface area contributed by atoms with E-state index in [4.69, 9.17) is 4.98 Å². The molecule has 5 heteroatoms. The second-order valence-corrected chi connectivity index (χ2v) is 7.75. The number of nitrogens with one attached hydrogen (secondary N) is 1. The Labute approximate surface area is 129 Å². The topological polar surface area (TPSA) is 41.1 Å². The second kappa shape index (κ2) is 5.26. The van der Waals surface area contributed by atoms with Gasteiger partial charge in [0.15, 0.2) is 0 Å². The number of aromatic nitrogens is 2. The van der Waals surface area contributed by atoms with Gasteiger partial charge >= 0.3 is 0 Å². The van der Waals surface area contributed by atoms with Crippen molar-refractivity contribution in [3.8, 4) is 0 Å². The van der Waals surface area contributed by atoms with Crippen molar-refractivity contribution in [2.45, 2.75) is 57.5 Å². The molecule has 3 rings (SSSR count). The normalized spacial score (nSPS) is 26.8. The summed E-state index contributed by atoms with van der Waals surface area (Å²) >= 11 is 3.51. The Balaban J connectivity index is 1.79. The molecule has 1 aromatic rings. The van der Waals surface area contributed by atoms with Gasteiger partial charge in [0.25, 0.3) is 0 Å². The molecule has 1 N–H and O–H groups in total.